The molecule has 0 radical (unpaired) electrons. The third-order valence-corrected chi connectivity index (χ3v) is 4.20. The van der Waals surface area contributed by atoms with Crippen LogP contribution in [0.2, 0.25) is 0 Å². The van der Waals surface area contributed by atoms with Gasteiger partial charge in [-0.1, -0.05) is 35.5 Å². The van der Waals surface area contributed by atoms with Crippen molar-refractivity contribution in [1.29, 1.82) is 5.26 Å². The fraction of sp³-hybridized carbons (Fsp3) is 0.118. The zero-order chi connectivity index (χ0) is 15.5. The predicted molar refractivity (Wildman–Crippen MR) is 88.0 cm³/mol. The van der Waals surface area contributed by atoms with Gasteiger partial charge in [0.1, 0.15) is 11.8 Å². The van der Waals surface area contributed by atoms with E-state index in [0.717, 1.165) is 27.4 Å². The average Bonchev–Trinajstić information content (AvgIpc) is 2.99. The average molecular weight is 306 g/mol. The summed E-state index contributed by atoms with van der Waals surface area (Å²) in [5.41, 5.74) is 4.03. The topological polar surface area (TPSA) is 54.5 Å². The van der Waals surface area contributed by atoms with Crippen LogP contribution in [0.3, 0.4) is 0 Å². The minimum Gasteiger partial charge on any atom is -0.211 e. The zero-order valence-electron chi connectivity index (χ0n) is 12.3. The Morgan fingerprint density at radius 3 is 2.68 bits per heavy atom. The number of hydrogen-bond acceptors (Lipinski definition) is 4. The van der Waals surface area contributed by atoms with Crippen molar-refractivity contribution in [3.05, 3.63) is 59.8 Å². The first-order valence-corrected chi connectivity index (χ1v) is 8.03. The lowest BCUT2D eigenvalue weighted by molar-refractivity contribution is 0.804. The van der Waals surface area contributed by atoms with E-state index in [2.05, 4.69) is 16.4 Å². The lowest BCUT2D eigenvalue weighted by Gasteiger charge is -2.10. The lowest BCUT2D eigenvalue weighted by Crippen LogP contribution is -2.01. The van der Waals surface area contributed by atoms with E-state index in [9.17, 15) is 5.26 Å². The van der Waals surface area contributed by atoms with Crippen molar-refractivity contribution in [2.24, 2.45) is 0 Å². The van der Waals surface area contributed by atoms with Gasteiger partial charge < -0.3 is 0 Å². The summed E-state index contributed by atoms with van der Waals surface area (Å²) in [6.45, 7) is 2.02. The molecule has 0 saturated heterocycles. The highest BCUT2D eigenvalue weighted by molar-refractivity contribution is 7.98. The van der Waals surface area contributed by atoms with Gasteiger partial charge in [-0.05, 0) is 36.9 Å². The molecule has 0 aliphatic rings. The Labute approximate surface area is 133 Å². The van der Waals surface area contributed by atoms with Gasteiger partial charge in [0, 0.05) is 10.5 Å². The first-order valence-electron chi connectivity index (χ1n) is 6.81. The summed E-state index contributed by atoms with van der Waals surface area (Å²) in [4.78, 5) is 1.14. The maximum Gasteiger partial charge on any atom is 0.191 e. The van der Waals surface area contributed by atoms with Crippen molar-refractivity contribution >= 4 is 11.8 Å². The molecule has 2 aromatic carbocycles. The van der Waals surface area contributed by atoms with Gasteiger partial charge >= 0.3 is 0 Å². The number of nitriles is 1. The van der Waals surface area contributed by atoms with E-state index in [1.165, 1.54) is 0 Å². The van der Waals surface area contributed by atoms with Crippen LogP contribution in [0.5, 0.6) is 0 Å². The molecule has 0 spiro atoms. The van der Waals surface area contributed by atoms with Crippen LogP contribution in [-0.4, -0.2) is 21.2 Å². The van der Waals surface area contributed by atoms with Crippen molar-refractivity contribution in [2.75, 3.05) is 6.26 Å². The van der Waals surface area contributed by atoms with Gasteiger partial charge in [0.25, 0.3) is 0 Å². The highest BCUT2D eigenvalue weighted by Crippen LogP contribution is 2.28. The number of aromatic nitrogens is 3. The molecular weight excluding hydrogens is 292 g/mol. The van der Waals surface area contributed by atoms with Gasteiger partial charge in [-0.15, -0.1) is 16.9 Å². The van der Waals surface area contributed by atoms with Crippen LogP contribution < -0.4 is 0 Å². The Bertz CT molecular complexity index is 861. The van der Waals surface area contributed by atoms with Crippen LogP contribution in [0.1, 0.15) is 11.3 Å². The molecule has 1 heterocycles. The molecule has 0 fully saturated rings. The Morgan fingerprint density at radius 2 is 1.95 bits per heavy atom. The first kappa shape index (κ1) is 14.4. The van der Waals surface area contributed by atoms with Crippen LogP contribution in [0.25, 0.3) is 16.9 Å². The van der Waals surface area contributed by atoms with E-state index >= 15 is 0 Å². The molecule has 22 heavy (non-hydrogen) atoms. The summed E-state index contributed by atoms with van der Waals surface area (Å²) in [7, 11) is 0. The number of thioether (sulfide) groups is 1. The van der Waals surface area contributed by atoms with Crippen LogP contribution in [-0.2, 0) is 0 Å². The van der Waals surface area contributed by atoms with E-state index < -0.39 is 0 Å². The van der Waals surface area contributed by atoms with Gasteiger partial charge in [0.05, 0.1) is 5.69 Å². The molecule has 108 valence electrons. The number of hydrogen-bond donors (Lipinski definition) is 0. The molecule has 0 bridgehead atoms. The minimum atomic E-state index is 0.337. The molecule has 0 N–H and O–H groups in total. The maximum atomic E-state index is 9.36. The van der Waals surface area contributed by atoms with Gasteiger partial charge in [0.15, 0.2) is 5.69 Å². The normalized spacial score (nSPS) is 10.4. The van der Waals surface area contributed by atoms with Gasteiger partial charge in [-0.3, -0.25) is 0 Å². The molecule has 0 aliphatic carbocycles. The lowest BCUT2D eigenvalue weighted by atomic mass is 10.0. The van der Waals surface area contributed by atoms with Crippen molar-refractivity contribution in [3.63, 3.8) is 0 Å². The number of aryl methyl sites for hydroxylation is 1. The van der Waals surface area contributed by atoms with Crippen molar-refractivity contribution in [3.8, 4) is 23.0 Å². The Kier molecular flexibility index (Phi) is 3.94. The molecule has 3 aromatic rings. The highest BCUT2D eigenvalue weighted by Gasteiger charge is 2.17. The Morgan fingerprint density at radius 1 is 1.14 bits per heavy atom. The maximum absolute atomic E-state index is 9.36. The standard InChI is InChI=1S/C17H14N4S/c1-12-6-3-4-9-15(12)17-16(11-18)19-20-21(17)13-7-5-8-14(10-13)22-2/h3-10H,1-2H3. The van der Waals surface area contributed by atoms with E-state index in [1.54, 1.807) is 16.4 Å². The monoisotopic (exact) mass is 306 g/mol. The van der Waals surface area contributed by atoms with Crippen LogP contribution >= 0.6 is 11.8 Å². The number of rotatable bonds is 3. The third kappa shape index (κ3) is 2.49. The molecule has 4 nitrogen and oxygen atoms in total. The number of benzene rings is 2. The Hall–Kier alpha value is -2.58. The molecule has 0 unspecified atom stereocenters. The van der Waals surface area contributed by atoms with Crippen molar-refractivity contribution < 1.29 is 0 Å². The minimum absolute atomic E-state index is 0.337. The highest BCUT2D eigenvalue weighted by atomic mass is 32.2. The second-order valence-electron chi connectivity index (χ2n) is 4.83. The summed E-state index contributed by atoms with van der Waals surface area (Å²) in [5.74, 6) is 0. The third-order valence-electron chi connectivity index (χ3n) is 3.47. The first-order chi connectivity index (χ1) is 10.7. The van der Waals surface area contributed by atoms with E-state index in [0.29, 0.717) is 5.69 Å². The molecule has 0 saturated carbocycles. The SMILES string of the molecule is CSc1cccc(-n2nnc(C#N)c2-c2ccccc2C)c1. The summed E-state index contributed by atoms with van der Waals surface area (Å²) >= 11 is 1.67. The largest absolute Gasteiger partial charge is 0.211 e. The number of nitrogens with zero attached hydrogens (tertiary/aromatic N) is 4. The van der Waals surface area contributed by atoms with Crippen LogP contribution in [0, 0.1) is 18.3 Å². The second kappa shape index (κ2) is 6.04. The quantitative estimate of drug-likeness (QED) is 0.690. The predicted octanol–water partition coefficient (Wildman–Crippen LogP) is 3.84. The summed E-state index contributed by atoms with van der Waals surface area (Å²) in [6, 6.07) is 18.1. The molecule has 0 aliphatic heterocycles. The molecule has 0 amide bonds. The van der Waals surface area contributed by atoms with E-state index in [-0.39, 0.29) is 0 Å². The summed E-state index contributed by atoms with van der Waals surface area (Å²) in [5, 5.41) is 17.6. The molecule has 5 heteroatoms. The van der Waals surface area contributed by atoms with E-state index in [1.807, 2.05) is 61.7 Å². The van der Waals surface area contributed by atoms with Crippen LogP contribution in [0.15, 0.2) is 53.4 Å². The fourth-order valence-electron chi connectivity index (χ4n) is 2.36. The Balaban J connectivity index is 2.24. The van der Waals surface area contributed by atoms with Gasteiger partial charge in [0.2, 0.25) is 0 Å². The van der Waals surface area contributed by atoms with Crippen molar-refractivity contribution in [1.82, 2.24) is 15.0 Å². The zero-order valence-corrected chi connectivity index (χ0v) is 13.1. The summed E-state index contributed by atoms with van der Waals surface area (Å²) in [6.07, 6.45) is 2.03. The molecule has 0 atom stereocenters. The fourth-order valence-corrected chi connectivity index (χ4v) is 2.81. The molecule has 3 rings (SSSR count). The van der Waals surface area contributed by atoms with Crippen molar-refractivity contribution in [2.45, 2.75) is 11.8 Å². The van der Waals surface area contributed by atoms with Gasteiger partial charge in [-0.25, -0.2) is 4.68 Å². The second-order valence-corrected chi connectivity index (χ2v) is 5.71. The molecular formula is C17H14N4S. The smallest absolute Gasteiger partial charge is 0.191 e. The molecule has 1 aromatic heterocycles. The van der Waals surface area contributed by atoms with E-state index in [4.69, 9.17) is 0 Å². The van der Waals surface area contributed by atoms with Gasteiger partial charge in [-0.2, -0.15) is 5.26 Å². The summed E-state index contributed by atoms with van der Waals surface area (Å²) < 4.78 is 1.74. The van der Waals surface area contributed by atoms with Crippen LogP contribution in [0.4, 0.5) is 0 Å².